The molecule has 90 valence electrons. The number of aliphatic hydroxyl groups excluding tert-OH is 1. The molecule has 0 aromatic carbocycles. The summed E-state index contributed by atoms with van der Waals surface area (Å²) in [7, 11) is 0. The van der Waals surface area contributed by atoms with E-state index in [9.17, 15) is 5.11 Å². The quantitative estimate of drug-likeness (QED) is 0.517. The molecule has 0 unspecified atom stereocenters. The van der Waals surface area contributed by atoms with Gasteiger partial charge in [-0.05, 0) is 38.0 Å². The molecule has 0 aromatic rings. The van der Waals surface area contributed by atoms with Crippen molar-refractivity contribution in [3.05, 3.63) is 0 Å². The van der Waals surface area contributed by atoms with Gasteiger partial charge in [0.2, 0.25) is 0 Å². The first-order valence-electron chi connectivity index (χ1n) is 6.43. The number of hydrogen-bond donors (Lipinski definition) is 2. The summed E-state index contributed by atoms with van der Waals surface area (Å²) >= 11 is 0. The number of nitrogens with zero attached hydrogens (tertiary/aromatic N) is 2. The van der Waals surface area contributed by atoms with E-state index in [1.807, 2.05) is 0 Å². The standard InChI is InChI=1S/C12H20N2O2/c15-10-3-5-14(6-4-10)12-9-2-1-8(7-9)11(12)13-16/h8-10,12,15-16H,1-7H2/b13-11-/t8-,9-,12+/m0/s1. The van der Waals surface area contributed by atoms with E-state index in [0.29, 0.717) is 17.9 Å². The summed E-state index contributed by atoms with van der Waals surface area (Å²) in [4.78, 5) is 2.42. The Labute approximate surface area is 95.9 Å². The van der Waals surface area contributed by atoms with E-state index in [2.05, 4.69) is 10.1 Å². The lowest BCUT2D eigenvalue weighted by atomic mass is 9.90. The summed E-state index contributed by atoms with van der Waals surface area (Å²) in [5, 5.41) is 22.2. The van der Waals surface area contributed by atoms with Gasteiger partial charge in [-0.2, -0.15) is 0 Å². The number of fused-ring (bicyclic) bond motifs is 2. The van der Waals surface area contributed by atoms with Gasteiger partial charge in [0.15, 0.2) is 0 Å². The van der Waals surface area contributed by atoms with Crippen LogP contribution in [0.5, 0.6) is 0 Å². The Morgan fingerprint density at radius 2 is 1.88 bits per heavy atom. The van der Waals surface area contributed by atoms with E-state index in [4.69, 9.17) is 5.21 Å². The van der Waals surface area contributed by atoms with E-state index in [-0.39, 0.29) is 6.10 Å². The molecule has 2 N–H and O–H groups in total. The summed E-state index contributed by atoms with van der Waals surface area (Å²) < 4.78 is 0. The summed E-state index contributed by atoms with van der Waals surface area (Å²) in [6.45, 7) is 1.90. The lowest BCUT2D eigenvalue weighted by Gasteiger charge is -2.38. The highest BCUT2D eigenvalue weighted by molar-refractivity contribution is 5.94. The number of oxime groups is 1. The zero-order valence-corrected chi connectivity index (χ0v) is 9.55. The van der Waals surface area contributed by atoms with Crippen molar-refractivity contribution in [1.82, 2.24) is 4.90 Å². The molecule has 0 spiro atoms. The Morgan fingerprint density at radius 3 is 2.56 bits per heavy atom. The van der Waals surface area contributed by atoms with Crippen LogP contribution < -0.4 is 0 Å². The van der Waals surface area contributed by atoms with Gasteiger partial charge in [0.1, 0.15) is 0 Å². The fourth-order valence-corrected chi connectivity index (χ4v) is 3.84. The molecule has 4 nitrogen and oxygen atoms in total. The smallest absolute Gasteiger partial charge is 0.0775 e. The molecule has 2 saturated carbocycles. The van der Waals surface area contributed by atoms with Gasteiger partial charge in [0, 0.05) is 19.0 Å². The first-order chi connectivity index (χ1) is 7.79. The third kappa shape index (κ3) is 1.55. The predicted octanol–water partition coefficient (Wildman–Crippen LogP) is 1.07. The maximum atomic E-state index is 9.52. The molecule has 3 atom stereocenters. The zero-order valence-electron chi connectivity index (χ0n) is 9.55. The van der Waals surface area contributed by atoms with Crippen molar-refractivity contribution in [1.29, 1.82) is 0 Å². The summed E-state index contributed by atoms with van der Waals surface area (Å²) in [6, 6.07) is 0.372. The molecule has 1 aliphatic heterocycles. The molecule has 1 saturated heterocycles. The van der Waals surface area contributed by atoms with Crippen molar-refractivity contribution in [2.75, 3.05) is 13.1 Å². The van der Waals surface area contributed by atoms with Crippen LogP contribution in [0.2, 0.25) is 0 Å². The van der Waals surface area contributed by atoms with Gasteiger partial charge in [-0.3, -0.25) is 4.90 Å². The van der Waals surface area contributed by atoms with Crippen molar-refractivity contribution >= 4 is 5.71 Å². The highest BCUT2D eigenvalue weighted by atomic mass is 16.4. The topological polar surface area (TPSA) is 56.1 Å². The minimum atomic E-state index is -0.121. The van der Waals surface area contributed by atoms with Gasteiger partial charge < -0.3 is 10.3 Å². The number of likely N-dealkylation sites (tertiary alicyclic amines) is 1. The van der Waals surface area contributed by atoms with Crippen LogP contribution in [-0.4, -0.2) is 46.2 Å². The molecule has 3 aliphatic rings. The van der Waals surface area contributed by atoms with Gasteiger partial charge in [-0.25, -0.2) is 0 Å². The van der Waals surface area contributed by atoms with E-state index in [1.54, 1.807) is 0 Å². The molecule has 3 rings (SSSR count). The van der Waals surface area contributed by atoms with Crippen molar-refractivity contribution in [3.8, 4) is 0 Å². The number of piperidine rings is 1. The van der Waals surface area contributed by atoms with Crippen molar-refractivity contribution in [2.45, 2.75) is 44.2 Å². The van der Waals surface area contributed by atoms with Crippen molar-refractivity contribution in [3.63, 3.8) is 0 Å². The maximum Gasteiger partial charge on any atom is 0.0775 e. The first-order valence-corrected chi connectivity index (χ1v) is 6.43. The van der Waals surface area contributed by atoms with E-state index in [0.717, 1.165) is 31.6 Å². The summed E-state index contributed by atoms with van der Waals surface area (Å²) in [5.74, 6) is 1.23. The predicted molar refractivity (Wildman–Crippen MR) is 60.7 cm³/mol. The highest BCUT2D eigenvalue weighted by Gasteiger charge is 2.48. The zero-order chi connectivity index (χ0) is 11.1. The van der Waals surface area contributed by atoms with Crippen LogP contribution in [0.15, 0.2) is 5.16 Å². The molecule has 4 heteroatoms. The molecule has 0 amide bonds. The average Bonchev–Trinajstić information content (AvgIpc) is 2.89. The molecule has 16 heavy (non-hydrogen) atoms. The van der Waals surface area contributed by atoms with Crippen LogP contribution in [0.1, 0.15) is 32.1 Å². The molecule has 0 radical (unpaired) electrons. The molecule has 1 heterocycles. The first kappa shape index (κ1) is 10.5. The largest absolute Gasteiger partial charge is 0.411 e. The normalized spacial score (nSPS) is 43.3. The van der Waals surface area contributed by atoms with Gasteiger partial charge >= 0.3 is 0 Å². The number of hydrogen-bond acceptors (Lipinski definition) is 4. The van der Waals surface area contributed by atoms with Crippen molar-refractivity contribution in [2.24, 2.45) is 17.0 Å². The van der Waals surface area contributed by atoms with Gasteiger partial charge in [-0.1, -0.05) is 5.16 Å². The maximum absolute atomic E-state index is 9.52. The monoisotopic (exact) mass is 224 g/mol. The molecule has 0 aromatic heterocycles. The Hall–Kier alpha value is -0.610. The fourth-order valence-electron chi connectivity index (χ4n) is 3.84. The Kier molecular flexibility index (Phi) is 2.64. The average molecular weight is 224 g/mol. The van der Waals surface area contributed by atoms with E-state index >= 15 is 0 Å². The highest BCUT2D eigenvalue weighted by Crippen LogP contribution is 2.45. The Bertz CT molecular complexity index is 297. The number of rotatable bonds is 1. The lowest BCUT2D eigenvalue weighted by Crippen LogP contribution is -2.49. The van der Waals surface area contributed by atoms with Gasteiger partial charge in [0.05, 0.1) is 17.9 Å². The minimum Gasteiger partial charge on any atom is -0.411 e. The van der Waals surface area contributed by atoms with Crippen molar-refractivity contribution < 1.29 is 10.3 Å². The van der Waals surface area contributed by atoms with Gasteiger partial charge in [-0.15, -0.1) is 0 Å². The van der Waals surface area contributed by atoms with Crippen LogP contribution in [0.4, 0.5) is 0 Å². The Balaban J connectivity index is 1.74. The van der Waals surface area contributed by atoms with Crippen LogP contribution in [-0.2, 0) is 0 Å². The number of aliphatic hydroxyl groups is 1. The Morgan fingerprint density at radius 1 is 1.12 bits per heavy atom. The van der Waals surface area contributed by atoms with Crippen LogP contribution in [0, 0.1) is 11.8 Å². The second-order valence-corrected chi connectivity index (χ2v) is 5.51. The second kappa shape index (κ2) is 4.00. The molecule has 2 aliphatic carbocycles. The van der Waals surface area contributed by atoms with E-state index < -0.39 is 0 Å². The summed E-state index contributed by atoms with van der Waals surface area (Å²) in [6.07, 6.45) is 5.32. The second-order valence-electron chi connectivity index (χ2n) is 5.51. The molecular formula is C12H20N2O2. The SMILES string of the molecule is O/N=C1/[C@H]2CC[C@@H](C2)[C@H]1N1CCC(O)CC1. The third-order valence-electron chi connectivity index (χ3n) is 4.65. The molecule has 2 bridgehead atoms. The molecule has 3 fully saturated rings. The van der Waals surface area contributed by atoms with Crippen LogP contribution in [0.3, 0.4) is 0 Å². The van der Waals surface area contributed by atoms with Gasteiger partial charge in [0.25, 0.3) is 0 Å². The third-order valence-corrected chi connectivity index (χ3v) is 4.65. The molecular weight excluding hydrogens is 204 g/mol. The lowest BCUT2D eigenvalue weighted by molar-refractivity contribution is 0.0633. The summed E-state index contributed by atoms with van der Waals surface area (Å²) in [5.41, 5.74) is 1.02. The van der Waals surface area contributed by atoms with E-state index in [1.165, 1.54) is 19.3 Å². The van der Waals surface area contributed by atoms with Crippen LogP contribution >= 0.6 is 0 Å². The fraction of sp³-hybridized carbons (Fsp3) is 0.917. The minimum absolute atomic E-state index is 0.121. The van der Waals surface area contributed by atoms with Crippen LogP contribution in [0.25, 0.3) is 0 Å².